The monoisotopic (exact) mass is 373 g/mol. The molecule has 6 heteroatoms. The zero-order valence-corrected chi connectivity index (χ0v) is 15.7. The fraction of sp³-hybridized carbons (Fsp3) is 0.227. The van der Waals surface area contributed by atoms with Crippen molar-refractivity contribution in [1.82, 2.24) is 14.9 Å². The number of rotatable bonds is 5. The summed E-state index contributed by atoms with van der Waals surface area (Å²) < 4.78 is 0. The van der Waals surface area contributed by atoms with E-state index in [0.29, 0.717) is 17.9 Å². The summed E-state index contributed by atoms with van der Waals surface area (Å²) in [7, 11) is 0. The minimum absolute atomic E-state index is 0.0575. The van der Waals surface area contributed by atoms with Gasteiger partial charge in [-0.05, 0) is 42.0 Å². The number of nitrogens with one attached hydrogen (secondary N) is 1. The normalized spacial score (nSPS) is 14.0. The molecule has 28 heavy (non-hydrogen) atoms. The van der Waals surface area contributed by atoms with E-state index < -0.39 is 0 Å². The number of piperazine rings is 1. The van der Waals surface area contributed by atoms with Gasteiger partial charge in [0.05, 0.1) is 0 Å². The summed E-state index contributed by atoms with van der Waals surface area (Å²) in [5, 5.41) is 3.27. The second kappa shape index (κ2) is 8.52. The van der Waals surface area contributed by atoms with E-state index in [9.17, 15) is 4.79 Å². The molecule has 1 aliphatic heterocycles. The van der Waals surface area contributed by atoms with Gasteiger partial charge in [-0.2, -0.15) is 0 Å². The Balaban J connectivity index is 1.36. The summed E-state index contributed by atoms with van der Waals surface area (Å²) in [6.07, 6.45) is 5.21. The SMILES string of the molecule is O=C(c1ccnc(NCc2ccncc2)c1)N1CCN(c2ccccc2)CC1. The predicted molar refractivity (Wildman–Crippen MR) is 110 cm³/mol. The minimum Gasteiger partial charge on any atom is -0.368 e. The molecule has 1 saturated heterocycles. The number of anilines is 2. The van der Waals surface area contributed by atoms with Crippen LogP contribution in [0.2, 0.25) is 0 Å². The van der Waals surface area contributed by atoms with E-state index in [1.54, 1.807) is 24.7 Å². The van der Waals surface area contributed by atoms with Crippen LogP contribution in [0.5, 0.6) is 0 Å². The van der Waals surface area contributed by atoms with Crippen LogP contribution in [0.4, 0.5) is 11.5 Å². The van der Waals surface area contributed by atoms with Crippen molar-refractivity contribution in [1.29, 1.82) is 0 Å². The highest BCUT2D eigenvalue weighted by Gasteiger charge is 2.22. The van der Waals surface area contributed by atoms with E-state index in [2.05, 4.69) is 32.3 Å². The van der Waals surface area contributed by atoms with Crippen molar-refractivity contribution in [2.24, 2.45) is 0 Å². The number of carbonyl (C=O) groups excluding carboxylic acids is 1. The van der Waals surface area contributed by atoms with E-state index in [-0.39, 0.29) is 5.91 Å². The van der Waals surface area contributed by atoms with E-state index in [4.69, 9.17) is 0 Å². The minimum atomic E-state index is 0.0575. The molecule has 1 aromatic carbocycles. The Bertz CT molecular complexity index is 908. The molecule has 142 valence electrons. The van der Waals surface area contributed by atoms with Gasteiger partial charge in [0.2, 0.25) is 0 Å². The molecule has 0 radical (unpaired) electrons. The summed E-state index contributed by atoms with van der Waals surface area (Å²) in [6.45, 7) is 3.76. The first kappa shape index (κ1) is 18.0. The Hall–Kier alpha value is -3.41. The lowest BCUT2D eigenvalue weighted by molar-refractivity contribution is 0.0746. The third kappa shape index (κ3) is 4.28. The number of carbonyl (C=O) groups is 1. The van der Waals surface area contributed by atoms with Gasteiger partial charge in [-0.1, -0.05) is 18.2 Å². The lowest BCUT2D eigenvalue weighted by Crippen LogP contribution is -2.48. The smallest absolute Gasteiger partial charge is 0.254 e. The van der Waals surface area contributed by atoms with Crippen LogP contribution in [0.3, 0.4) is 0 Å². The Morgan fingerprint density at radius 1 is 0.929 bits per heavy atom. The molecule has 3 aromatic rings. The summed E-state index contributed by atoms with van der Waals surface area (Å²) in [5.41, 5.74) is 2.99. The second-order valence-corrected chi connectivity index (χ2v) is 6.75. The molecular weight excluding hydrogens is 350 g/mol. The van der Waals surface area contributed by atoms with Gasteiger partial charge in [-0.15, -0.1) is 0 Å². The molecular formula is C22H23N5O. The molecule has 0 unspecified atom stereocenters. The highest BCUT2D eigenvalue weighted by Crippen LogP contribution is 2.17. The molecule has 0 aliphatic carbocycles. The van der Waals surface area contributed by atoms with Gasteiger partial charge in [-0.3, -0.25) is 9.78 Å². The Labute approximate surface area is 164 Å². The number of amides is 1. The van der Waals surface area contributed by atoms with Crippen LogP contribution >= 0.6 is 0 Å². The fourth-order valence-electron chi connectivity index (χ4n) is 3.34. The number of pyridine rings is 2. The van der Waals surface area contributed by atoms with Crippen LogP contribution in [-0.4, -0.2) is 47.0 Å². The maximum Gasteiger partial charge on any atom is 0.254 e. The average Bonchev–Trinajstić information content (AvgIpc) is 2.79. The first-order valence-corrected chi connectivity index (χ1v) is 9.48. The zero-order chi connectivity index (χ0) is 19.2. The summed E-state index contributed by atoms with van der Waals surface area (Å²) in [4.78, 5) is 25.5. The third-order valence-electron chi connectivity index (χ3n) is 4.92. The predicted octanol–water partition coefficient (Wildman–Crippen LogP) is 3.05. The summed E-state index contributed by atoms with van der Waals surface area (Å²) >= 11 is 0. The van der Waals surface area contributed by atoms with Gasteiger partial charge < -0.3 is 15.1 Å². The van der Waals surface area contributed by atoms with E-state index in [1.165, 1.54) is 5.69 Å². The first-order valence-electron chi connectivity index (χ1n) is 9.48. The number of aromatic nitrogens is 2. The highest BCUT2D eigenvalue weighted by molar-refractivity contribution is 5.95. The van der Waals surface area contributed by atoms with Crippen molar-refractivity contribution < 1.29 is 4.79 Å². The van der Waals surface area contributed by atoms with Crippen molar-refractivity contribution in [2.45, 2.75) is 6.54 Å². The highest BCUT2D eigenvalue weighted by atomic mass is 16.2. The Kier molecular flexibility index (Phi) is 5.47. The maximum atomic E-state index is 12.9. The molecule has 0 saturated carbocycles. The molecule has 4 rings (SSSR count). The molecule has 0 atom stereocenters. The van der Waals surface area contributed by atoms with Gasteiger partial charge in [0.15, 0.2) is 0 Å². The molecule has 0 bridgehead atoms. The number of para-hydroxylation sites is 1. The molecule has 1 fully saturated rings. The molecule has 1 amide bonds. The topological polar surface area (TPSA) is 61.4 Å². The third-order valence-corrected chi connectivity index (χ3v) is 4.92. The van der Waals surface area contributed by atoms with Crippen molar-refractivity contribution in [2.75, 3.05) is 36.4 Å². The number of nitrogens with zero attached hydrogens (tertiary/aromatic N) is 4. The van der Waals surface area contributed by atoms with Crippen molar-refractivity contribution in [3.8, 4) is 0 Å². The lowest BCUT2D eigenvalue weighted by atomic mass is 10.2. The largest absolute Gasteiger partial charge is 0.368 e. The average molecular weight is 373 g/mol. The summed E-state index contributed by atoms with van der Waals surface area (Å²) in [6, 6.07) is 17.9. The van der Waals surface area contributed by atoms with Crippen LogP contribution in [0.15, 0.2) is 73.2 Å². The van der Waals surface area contributed by atoms with Gasteiger partial charge in [0.1, 0.15) is 5.82 Å². The van der Waals surface area contributed by atoms with Crippen molar-refractivity contribution in [3.05, 3.63) is 84.3 Å². The van der Waals surface area contributed by atoms with E-state index in [1.807, 2.05) is 41.3 Å². The van der Waals surface area contributed by atoms with Crippen molar-refractivity contribution in [3.63, 3.8) is 0 Å². The first-order chi connectivity index (χ1) is 13.8. The van der Waals surface area contributed by atoms with Gasteiger partial charge in [0.25, 0.3) is 5.91 Å². The molecule has 0 spiro atoms. The standard InChI is InChI=1S/C22H23N5O/c28-22(27-14-12-26(13-15-27)20-4-2-1-3-5-20)19-8-11-24-21(16-19)25-17-18-6-9-23-10-7-18/h1-11,16H,12-15,17H2,(H,24,25). The van der Waals surface area contributed by atoms with Crippen LogP contribution in [0.1, 0.15) is 15.9 Å². The van der Waals surface area contributed by atoms with Crippen LogP contribution in [0.25, 0.3) is 0 Å². The van der Waals surface area contributed by atoms with Gasteiger partial charge in [-0.25, -0.2) is 4.98 Å². The fourth-order valence-corrected chi connectivity index (χ4v) is 3.34. The van der Waals surface area contributed by atoms with Crippen LogP contribution < -0.4 is 10.2 Å². The van der Waals surface area contributed by atoms with Crippen LogP contribution in [0, 0.1) is 0 Å². The number of hydrogen-bond acceptors (Lipinski definition) is 5. The Morgan fingerprint density at radius 2 is 1.68 bits per heavy atom. The second-order valence-electron chi connectivity index (χ2n) is 6.75. The lowest BCUT2D eigenvalue weighted by Gasteiger charge is -2.36. The van der Waals surface area contributed by atoms with Gasteiger partial charge >= 0.3 is 0 Å². The van der Waals surface area contributed by atoms with E-state index >= 15 is 0 Å². The molecule has 3 heterocycles. The van der Waals surface area contributed by atoms with Gasteiger partial charge in [0, 0.05) is 62.6 Å². The molecule has 1 N–H and O–H groups in total. The molecule has 6 nitrogen and oxygen atoms in total. The molecule has 1 aliphatic rings. The summed E-state index contributed by atoms with van der Waals surface area (Å²) in [5.74, 6) is 0.757. The molecule has 2 aromatic heterocycles. The maximum absolute atomic E-state index is 12.9. The number of hydrogen-bond donors (Lipinski definition) is 1. The van der Waals surface area contributed by atoms with Crippen LogP contribution in [-0.2, 0) is 6.54 Å². The van der Waals surface area contributed by atoms with Crippen molar-refractivity contribution >= 4 is 17.4 Å². The Morgan fingerprint density at radius 3 is 2.43 bits per heavy atom. The quantitative estimate of drug-likeness (QED) is 0.745. The number of benzene rings is 1. The zero-order valence-electron chi connectivity index (χ0n) is 15.7. The van der Waals surface area contributed by atoms with E-state index in [0.717, 1.165) is 31.7 Å².